The molecule has 3 heterocycles. The van der Waals surface area contributed by atoms with E-state index in [1.54, 1.807) is 23.4 Å². The number of urea groups is 1. The highest BCUT2D eigenvalue weighted by Gasteiger charge is 2.25. The highest BCUT2D eigenvalue weighted by atomic mass is 16.5. The number of nitrogens with zero attached hydrogens (tertiary/aromatic N) is 6. The Bertz CT molecular complexity index is 711. The monoisotopic (exact) mass is 359 g/mol. The lowest BCUT2D eigenvalue weighted by Gasteiger charge is -2.34. The molecule has 0 unspecified atom stereocenters. The topological polar surface area (TPSA) is 100 Å². The Hall–Kier alpha value is -2.71. The van der Waals surface area contributed by atoms with Gasteiger partial charge < -0.3 is 19.6 Å². The molecule has 2 amide bonds. The van der Waals surface area contributed by atoms with Gasteiger partial charge >= 0.3 is 6.03 Å². The number of nitrogens with one attached hydrogen (secondary N) is 1. The van der Waals surface area contributed by atoms with E-state index >= 15 is 0 Å². The second-order valence-corrected chi connectivity index (χ2v) is 6.84. The number of anilines is 1. The minimum Gasteiger partial charge on any atom is -0.337 e. The first-order valence-electron chi connectivity index (χ1n) is 8.93. The molecule has 0 aromatic carbocycles. The summed E-state index contributed by atoms with van der Waals surface area (Å²) < 4.78 is 5.27. The Kier molecular flexibility index (Phi) is 5.65. The minimum atomic E-state index is -0.327. The highest BCUT2D eigenvalue weighted by molar-refractivity contribution is 5.74. The molecule has 1 saturated heterocycles. The summed E-state index contributed by atoms with van der Waals surface area (Å²) in [5, 5.41) is 6.90. The predicted molar refractivity (Wildman–Crippen MR) is 95.6 cm³/mol. The van der Waals surface area contributed by atoms with E-state index in [0.29, 0.717) is 49.8 Å². The summed E-state index contributed by atoms with van der Waals surface area (Å²) in [7, 11) is 0. The van der Waals surface area contributed by atoms with Crippen LogP contribution in [0.1, 0.15) is 38.5 Å². The molecule has 9 heteroatoms. The van der Waals surface area contributed by atoms with Crippen LogP contribution in [0.2, 0.25) is 0 Å². The summed E-state index contributed by atoms with van der Waals surface area (Å²) in [6, 6.07) is 1.33. The van der Waals surface area contributed by atoms with Crippen LogP contribution in [0.4, 0.5) is 10.7 Å². The number of piperazine rings is 1. The summed E-state index contributed by atoms with van der Waals surface area (Å²) in [6.07, 6.45) is 4.20. The van der Waals surface area contributed by atoms with Crippen molar-refractivity contribution in [3.8, 4) is 0 Å². The normalized spacial score (nSPS) is 16.0. The van der Waals surface area contributed by atoms with E-state index in [-0.39, 0.29) is 12.1 Å². The van der Waals surface area contributed by atoms with Gasteiger partial charge in [0, 0.05) is 45.0 Å². The van der Waals surface area contributed by atoms with Crippen LogP contribution in [0.3, 0.4) is 0 Å². The number of carbonyl (C=O) groups is 1. The van der Waals surface area contributed by atoms with Crippen LogP contribution in [0.5, 0.6) is 0 Å². The van der Waals surface area contributed by atoms with E-state index in [2.05, 4.69) is 44.2 Å². The number of carbonyl (C=O) groups excluding carboxylic acids is 1. The molecule has 2 aromatic rings. The molecular weight excluding hydrogens is 334 g/mol. The standard InChI is InChI=1S/C17H25N7O2/c1-12(2)11-14-21-15(26-22-14)13(3)20-17(25)24-9-7-23(8-10-24)16-18-5-4-6-19-16/h4-6,12-13H,7-11H2,1-3H3,(H,20,25)/t13-/m0/s1. The summed E-state index contributed by atoms with van der Waals surface area (Å²) in [5.41, 5.74) is 0. The molecule has 0 radical (unpaired) electrons. The van der Waals surface area contributed by atoms with Gasteiger partial charge in [-0.05, 0) is 18.9 Å². The van der Waals surface area contributed by atoms with Crippen molar-refractivity contribution in [1.29, 1.82) is 0 Å². The molecule has 1 atom stereocenters. The van der Waals surface area contributed by atoms with Gasteiger partial charge in [-0.2, -0.15) is 4.98 Å². The third kappa shape index (κ3) is 4.47. The average molecular weight is 359 g/mol. The Morgan fingerprint density at radius 1 is 1.19 bits per heavy atom. The maximum atomic E-state index is 12.5. The van der Waals surface area contributed by atoms with Crippen molar-refractivity contribution in [3.05, 3.63) is 30.2 Å². The van der Waals surface area contributed by atoms with Gasteiger partial charge in [0.2, 0.25) is 11.8 Å². The van der Waals surface area contributed by atoms with Gasteiger partial charge in [-0.1, -0.05) is 19.0 Å². The fourth-order valence-corrected chi connectivity index (χ4v) is 2.79. The third-order valence-electron chi connectivity index (χ3n) is 4.19. The Morgan fingerprint density at radius 3 is 2.54 bits per heavy atom. The largest absolute Gasteiger partial charge is 0.337 e. The molecule has 0 saturated carbocycles. The number of rotatable bonds is 5. The van der Waals surface area contributed by atoms with Crippen LogP contribution in [0.15, 0.2) is 23.0 Å². The molecule has 2 aromatic heterocycles. The lowest BCUT2D eigenvalue weighted by molar-refractivity contribution is 0.188. The van der Waals surface area contributed by atoms with Crippen molar-refractivity contribution in [2.75, 3.05) is 31.1 Å². The van der Waals surface area contributed by atoms with Crippen molar-refractivity contribution in [2.45, 2.75) is 33.2 Å². The molecule has 1 N–H and O–H groups in total. The van der Waals surface area contributed by atoms with Crippen molar-refractivity contribution >= 4 is 12.0 Å². The maximum absolute atomic E-state index is 12.5. The molecular formula is C17H25N7O2. The van der Waals surface area contributed by atoms with Crippen molar-refractivity contribution in [2.24, 2.45) is 5.92 Å². The van der Waals surface area contributed by atoms with Gasteiger partial charge in [0.15, 0.2) is 5.82 Å². The zero-order valence-electron chi connectivity index (χ0n) is 15.4. The van der Waals surface area contributed by atoms with E-state index < -0.39 is 0 Å². The predicted octanol–water partition coefficient (Wildman–Crippen LogP) is 1.65. The number of amides is 2. The quantitative estimate of drug-likeness (QED) is 0.866. The van der Waals surface area contributed by atoms with Crippen LogP contribution in [0.25, 0.3) is 0 Å². The van der Waals surface area contributed by atoms with Crippen molar-refractivity contribution < 1.29 is 9.32 Å². The van der Waals surface area contributed by atoms with Gasteiger partial charge in [-0.25, -0.2) is 14.8 Å². The molecule has 1 aliphatic rings. The summed E-state index contributed by atoms with van der Waals surface area (Å²) in [5.74, 6) is 2.26. The van der Waals surface area contributed by atoms with E-state index in [1.807, 2.05) is 6.92 Å². The van der Waals surface area contributed by atoms with Crippen molar-refractivity contribution in [3.63, 3.8) is 0 Å². The highest BCUT2D eigenvalue weighted by Crippen LogP contribution is 2.14. The molecule has 9 nitrogen and oxygen atoms in total. The van der Waals surface area contributed by atoms with Crippen LogP contribution in [-0.2, 0) is 6.42 Å². The van der Waals surface area contributed by atoms with Gasteiger partial charge in [0.25, 0.3) is 0 Å². The van der Waals surface area contributed by atoms with Crippen LogP contribution in [0, 0.1) is 5.92 Å². The summed E-state index contributed by atoms with van der Waals surface area (Å²) in [6.45, 7) is 8.66. The fraction of sp³-hybridized carbons (Fsp3) is 0.588. The minimum absolute atomic E-state index is 0.130. The fourth-order valence-electron chi connectivity index (χ4n) is 2.79. The van der Waals surface area contributed by atoms with E-state index in [9.17, 15) is 4.79 Å². The number of aromatic nitrogens is 4. The van der Waals surface area contributed by atoms with Crippen LogP contribution < -0.4 is 10.2 Å². The molecule has 3 rings (SSSR count). The second-order valence-electron chi connectivity index (χ2n) is 6.84. The van der Waals surface area contributed by atoms with Gasteiger partial charge in [0.1, 0.15) is 6.04 Å². The SMILES string of the molecule is CC(C)Cc1noc([C@H](C)NC(=O)N2CCN(c3ncccn3)CC2)n1. The lowest BCUT2D eigenvalue weighted by atomic mass is 10.1. The van der Waals surface area contributed by atoms with Crippen LogP contribution >= 0.6 is 0 Å². The summed E-state index contributed by atoms with van der Waals surface area (Å²) in [4.78, 5) is 29.2. The van der Waals surface area contributed by atoms with Gasteiger partial charge in [-0.15, -0.1) is 0 Å². The Labute approximate surface area is 152 Å². The van der Waals surface area contributed by atoms with Gasteiger partial charge in [0.05, 0.1) is 0 Å². The first kappa shape index (κ1) is 18.1. The molecule has 0 bridgehead atoms. The third-order valence-corrected chi connectivity index (χ3v) is 4.19. The summed E-state index contributed by atoms with van der Waals surface area (Å²) >= 11 is 0. The Morgan fingerprint density at radius 2 is 1.88 bits per heavy atom. The number of hydrogen-bond acceptors (Lipinski definition) is 7. The first-order chi connectivity index (χ1) is 12.5. The van der Waals surface area contributed by atoms with Crippen molar-refractivity contribution in [1.82, 2.24) is 30.3 Å². The molecule has 0 spiro atoms. The lowest BCUT2D eigenvalue weighted by Crippen LogP contribution is -2.52. The zero-order valence-corrected chi connectivity index (χ0v) is 15.4. The molecule has 1 fully saturated rings. The molecule has 140 valence electrons. The average Bonchev–Trinajstić information content (AvgIpc) is 3.10. The smallest absolute Gasteiger partial charge is 0.318 e. The first-order valence-corrected chi connectivity index (χ1v) is 8.93. The molecule has 0 aliphatic carbocycles. The van der Waals surface area contributed by atoms with E-state index in [0.717, 1.165) is 6.42 Å². The Balaban J connectivity index is 1.50. The second kappa shape index (κ2) is 8.11. The molecule has 26 heavy (non-hydrogen) atoms. The van der Waals surface area contributed by atoms with E-state index in [1.165, 1.54) is 0 Å². The maximum Gasteiger partial charge on any atom is 0.318 e. The zero-order chi connectivity index (χ0) is 18.5. The molecule has 1 aliphatic heterocycles. The number of hydrogen-bond donors (Lipinski definition) is 1. The van der Waals surface area contributed by atoms with Gasteiger partial charge in [-0.3, -0.25) is 0 Å². The van der Waals surface area contributed by atoms with E-state index in [4.69, 9.17) is 4.52 Å². The van der Waals surface area contributed by atoms with Crippen LogP contribution in [-0.4, -0.2) is 57.2 Å².